The summed E-state index contributed by atoms with van der Waals surface area (Å²) < 4.78 is 15.2. The van der Waals surface area contributed by atoms with Gasteiger partial charge in [0.05, 0.1) is 17.4 Å². The number of thioether (sulfide) groups is 2. The maximum atomic E-state index is 13.0. The summed E-state index contributed by atoms with van der Waals surface area (Å²) in [6, 6.07) is 2.84. The molecule has 0 radical (unpaired) electrons. The van der Waals surface area contributed by atoms with Gasteiger partial charge < -0.3 is 24.9 Å². The van der Waals surface area contributed by atoms with Crippen molar-refractivity contribution in [3.63, 3.8) is 0 Å². The fourth-order valence-electron chi connectivity index (χ4n) is 3.74. The number of aryl methyl sites for hydroxylation is 1. The lowest BCUT2D eigenvalue weighted by Gasteiger charge is -2.50. The molecule has 2 aliphatic heterocycles. The molecule has 5 heterocycles. The van der Waals surface area contributed by atoms with Gasteiger partial charge in [-0.25, -0.2) is 9.55 Å². The number of fused-ring (bicyclic) bond motifs is 1. The molecule has 16 nitrogen and oxygen atoms in total. The number of aromatic amines is 1. The number of amides is 2. The lowest BCUT2D eigenvalue weighted by molar-refractivity contribution is -0.671. The van der Waals surface area contributed by atoms with Crippen LogP contribution in [0.2, 0.25) is 0 Å². The van der Waals surface area contributed by atoms with Crippen molar-refractivity contribution >= 4 is 78.1 Å². The number of thiazole rings is 1. The number of carbonyl (C=O) groups excluding carboxylic acids is 3. The van der Waals surface area contributed by atoms with Crippen LogP contribution in [0.4, 0.5) is 0 Å². The van der Waals surface area contributed by atoms with Crippen molar-refractivity contribution in [2.45, 2.75) is 22.7 Å². The van der Waals surface area contributed by atoms with E-state index in [4.69, 9.17) is 14.3 Å². The average Bonchev–Trinajstić information content (AvgIpc) is 3.60. The first-order chi connectivity index (χ1) is 20.5. The quantitative estimate of drug-likeness (QED) is 0.0777. The fourth-order valence-corrected chi connectivity index (χ4v) is 7.64. The first-order valence-corrected chi connectivity index (χ1v) is 16.7. The lowest BCUT2D eigenvalue weighted by Crippen LogP contribution is -2.71. The smallest absolute Gasteiger partial charge is 0.405 e. The van der Waals surface area contributed by atoms with E-state index in [1.807, 2.05) is 41.5 Å². The van der Waals surface area contributed by atoms with E-state index in [1.54, 1.807) is 6.92 Å². The number of nitrogens with two attached hydrogens (primary N) is 1. The number of rotatable bonds is 9. The van der Waals surface area contributed by atoms with Gasteiger partial charge in [-0.2, -0.15) is 4.37 Å². The third-order valence-electron chi connectivity index (χ3n) is 5.55. The molecule has 3 aromatic heterocycles. The highest BCUT2D eigenvalue weighted by molar-refractivity contribution is 8.07. The molecule has 4 N–H and O–H groups in total. The van der Waals surface area contributed by atoms with E-state index in [0.717, 1.165) is 16.2 Å². The van der Waals surface area contributed by atoms with Crippen LogP contribution in [0.15, 0.2) is 54.8 Å². The summed E-state index contributed by atoms with van der Waals surface area (Å²) in [4.78, 5) is 71.4. The van der Waals surface area contributed by atoms with Crippen molar-refractivity contribution < 1.29 is 38.4 Å². The van der Waals surface area contributed by atoms with Crippen LogP contribution in [0.3, 0.4) is 0 Å². The minimum atomic E-state index is -2.62. The predicted octanol–water partition coefficient (Wildman–Crippen LogP) is -1.36. The summed E-state index contributed by atoms with van der Waals surface area (Å²) in [5, 5.41) is 19.6. The van der Waals surface area contributed by atoms with Crippen molar-refractivity contribution in [1.29, 1.82) is 0 Å². The Morgan fingerprint density at radius 3 is 2.67 bits per heavy atom. The van der Waals surface area contributed by atoms with Gasteiger partial charge in [-0.1, -0.05) is 21.5 Å². The molecule has 2 amide bonds. The SMILES string of the molecule is CCO/N=C(\C(=O)N[C@@H]1C(=O)N2C(C(=O)[O-])=C(Sc3nc(-c4cc[n+](C)cc4)cs3)CS[C@H]12)c1nsc(=O)[nH]1.N[P+](=O)[O-]. The number of pyridine rings is 1. The minimum Gasteiger partial charge on any atom is -0.578 e. The van der Waals surface area contributed by atoms with Gasteiger partial charge in [0.1, 0.15) is 25.1 Å². The largest absolute Gasteiger partial charge is 0.578 e. The van der Waals surface area contributed by atoms with Crippen molar-refractivity contribution in [3.8, 4) is 11.3 Å². The summed E-state index contributed by atoms with van der Waals surface area (Å²) in [5.41, 5.74) is 5.20. The van der Waals surface area contributed by atoms with Gasteiger partial charge in [0.2, 0.25) is 5.71 Å². The lowest BCUT2D eigenvalue weighted by atomic mass is 10.0. The third-order valence-corrected chi connectivity index (χ3v) is 9.57. The van der Waals surface area contributed by atoms with Crippen LogP contribution < -0.4 is 30.3 Å². The number of carboxylic acids is 1. The third kappa shape index (κ3) is 7.71. The van der Waals surface area contributed by atoms with Gasteiger partial charge in [0, 0.05) is 45.3 Å². The minimum absolute atomic E-state index is 0.0999. The van der Waals surface area contributed by atoms with E-state index in [1.165, 1.54) is 34.9 Å². The Bertz CT molecular complexity index is 1670. The number of carbonyl (C=O) groups is 3. The number of hydrogen-bond donors (Lipinski definition) is 3. The van der Waals surface area contributed by atoms with Crippen molar-refractivity contribution in [2.24, 2.45) is 17.7 Å². The maximum absolute atomic E-state index is 13.0. The standard InChI is InChI=1S/C22H19N7O6S4.H2NO2P/c1-3-35-26-13(16-25-21(34)39-27-16)17(30)24-14-18(31)29-15(20(32)33)12(9-36-19(14)29)38-22-23-11(8-37-22)10-4-6-28(2)7-5-10;1-4(2)3/h4-8,14,19H,3,9H2,1-2H3,(H2-,24,25,27,30,32,33,34);(H2,1,2,3)/b26-13-;/t14-,19-;/m1./s1. The molecule has 0 aliphatic carbocycles. The summed E-state index contributed by atoms with van der Waals surface area (Å²) >= 11 is 4.45. The topological polar surface area (TPSA) is 240 Å². The molecule has 0 spiro atoms. The van der Waals surface area contributed by atoms with Crippen LogP contribution in [-0.4, -0.2) is 66.5 Å². The normalized spacial score (nSPS) is 18.2. The zero-order chi connectivity index (χ0) is 31.3. The van der Waals surface area contributed by atoms with Gasteiger partial charge in [-0.05, 0) is 6.92 Å². The van der Waals surface area contributed by atoms with E-state index >= 15 is 0 Å². The Morgan fingerprint density at radius 1 is 1.37 bits per heavy atom. The molecule has 5 rings (SSSR count). The second-order valence-electron chi connectivity index (χ2n) is 8.36. The van der Waals surface area contributed by atoms with Crippen LogP contribution in [0.5, 0.6) is 0 Å². The molecule has 226 valence electrons. The van der Waals surface area contributed by atoms with Crippen LogP contribution in [0.1, 0.15) is 12.7 Å². The van der Waals surface area contributed by atoms with E-state index in [2.05, 4.69) is 30.3 Å². The molecule has 0 saturated carbocycles. The van der Waals surface area contributed by atoms with Crippen LogP contribution in [0.25, 0.3) is 11.3 Å². The van der Waals surface area contributed by atoms with Crippen LogP contribution >= 0.6 is 54.6 Å². The van der Waals surface area contributed by atoms with Gasteiger partial charge in [0.25, 0.3) is 11.8 Å². The molecule has 3 aromatic rings. The number of β-lactam (4-membered cyclic amide) rings is 1. The first kappa shape index (κ1) is 32.4. The summed E-state index contributed by atoms with van der Waals surface area (Å²) in [7, 11) is -0.706. The van der Waals surface area contributed by atoms with Gasteiger partial charge in [-0.3, -0.25) is 24.3 Å². The molecule has 43 heavy (non-hydrogen) atoms. The number of H-pyrrole nitrogens is 1. The van der Waals surface area contributed by atoms with Gasteiger partial charge in [-0.15, -0.1) is 28.6 Å². The van der Waals surface area contributed by atoms with Crippen molar-refractivity contribution in [1.82, 2.24) is 24.6 Å². The first-order valence-electron chi connectivity index (χ1n) is 11.9. The zero-order valence-electron chi connectivity index (χ0n) is 22.1. The fraction of sp³-hybridized carbons (Fsp3) is 0.273. The molecule has 2 aliphatic rings. The van der Waals surface area contributed by atoms with Crippen molar-refractivity contribution in [3.05, 3.63) is 56.0 Å². The molecule has 0 bridgehead atoms. The Labute approximate surface area is 260 Å². The van der Waals surface area contributed by atoms with Crippen LogP contribution in [0, 0.1) is 0 Å². The molecule has 3 atom stereocenters. The summed E-state index contributed by atoms with van der Waals surface area (Å²) in [6.45, 7) is 1.82. The number of carboxylic acid groups (broad SMARTS) is 1. The Balaban J connectivity index is 0.000000996. The molecular formula is C22H21N8O8PS4. The number of aromatic nitrogens is 4. The maximum Gasteiger partial charge on any atom is 0.405 e. The van der Waals surface area contributed by atoms with E-state index in [0.29, 0.717) is 20.8 Å². The monoisotopic (exact) mass is 684 g/mol. The number of nitrogens with one attached hydrogen (secondary N) is 2. The summed E-state index contributed by atoms with van der Waals surface area (Å²) in [6.07, 6.45) is 3.81. The predicted molar refractivity (Wildman–Crippen MR) is 154 cm³/mol. The number of nitrogens with zero attached hydrogens (tertiary/aromatic N) is 5. The average molecular weight is 685 g/mol. The molecule has 21 heteroatoms. The van der Waals surface area contributed by atoms with E-state index < -0.39 is 42.3 Å². The van der Waals surface area contributed by atoms with E-state index in [-0.39, 0.29) is 29.6 Å². The molecular weight excluding hydrogens is 664 g/mol. The highest BCUT2D eigenvalue weighted by Gasteiger charge is 2.53. The molecule has 0 aromatic carbocycles. The van der Waals surface area contributed by atoms with Gasteiger partial charge in [0.15, 0.2) is 22.6 Å². The van der Waals surface area contributed by atoms with Crippen LogP contribution in [-0.2, 0) is 30.8 Å². The summed E-state index contributed by atoms with van der Waals surface area (Å²) in [5.74, 6) is -2.74. The highest BCUT2D eigenvalue weighted by Crippen LogP contribution is 2.45. The Kier molecular flexibility index (Phi) is 10.8. The Morgan fingerprint density at radius 2 is 2.07 bits per heavy atom. The molecule has 1 fully saturated rings. The van der Waals surface area contributed by atoms with Gasteiger partial charge >= 0.3 is 13.1 Å². The molecule has 1 saturated heterocycles. The highest BCUT2D eigenvalue weighted by atomic mass is 32.2. The Hall–Kier alpha value is -3.52. The second-order valence-corrected chi connectivity index (χ2v) is 13.0. The van der Waals surface area contributed by atoms with Crippen molar-refractivity contribution in [2.75, 3.05) is 12.4 Å². The number of aliphatic carboxylic acids is 1. The molecule has 1 unspecified atom stereocenters. The second kappa shape index (κ2) is 14.3. The number of hydrogen-bond acceptors (Lipinski definition) is 15. The van der Waals surface area contributed by atoms with E-state index in [9.17, 15) is 24.3 Å². The zero-order valence-corrected chi connectivity index (χ0v) is 26.3. The number of oxime groups is 1.